The van der Waals surface area contributed by atoms with E-state index in [-0.39, 0.29) is 11.6 Å². The molecule has 0 saturated heterocycles. The molecule has 0 radical (unpaired) electrons. The minimum atomic E-state index is -0.426. The number of methoxy groups -OCH3 is 1. The molecular weight excluding hydrogens is 400 g/mol. The number of hydrogen-bond acceptors (Lipinski definition) is 4. The number of aliphatic hydroxyl groups excluding tert-OH is 1. The van der Waals surface area contributed by atoms with Gasteiger partial charge in [-0.15, -0.1) is 0 Å². The Labute approximate surface area is 186 Å². The molecule has 1 atom stereocenters. The summed E-state index contributed by atoms with van der Waals surface area (Å²) in [5.41, 5.74) is 4.22. The lowest BCUT2D eigenvalue weighted by molar-refractivity contribution is 0.276. The van der Waals surface area contributed by atoms with Crippen LogP contribution in [0.1, 0.15) is 23.0 Å². The Morgan fingerprint density at radius 3 is 2.44 bits per heavy atom. The van der Waals surface area contributed by atoms with Gasteiger partial charge < -0.3 is 19.7 Å². The Morgan fingerprint density at radius 1 is 1.00 bits per heavy atom. The van der Waals surface area contributed by atoms with Crippen LogP contribution in [0.3, 0.4) is 0 Å². The van der Waals surface area contributed by atoms with Crippen molar-refractivity contribution in [3.05, 3.63) is 102 Å². The fourth-order valence-electron chi connectivity index (χ4n) is 4.24. The molecule has 4 aromatic rings. The third-order valence-corrected chi connectivity index (χ3v) is 5.89. The molecule has 5 rings (SSSR count). The molecule has 32 heavy (non-hydrogen) atoms. The molecule has 3 N–H and O–H groups in total. The zero-order valence-corrected chi connectivity index (χ0v) is 17.7. The topological polar surface area (TPSA) is 85.2 Å². The summed E-state index contributed by atoms with van der Waals surface area (Å²) in [6, 6.07) is 25.1. The molecule has 160 valence electrons. The number of benzene rings is 3. The van der Waals surface area contributed by atoms with Crippen LogP contribution in [0.5, 0.6) is 5.75 Å². The molecular formula is C26H24N4O2. The van der Waals surface area contributed by atoms with Crippen molar-refractivity contribution in [3.8, 4) is 5.75 Å². The number of aromatic nitrogens is 2. The predicted octanol–water partition coefficient (Wildman–Crippen LogP) is 5.12. The van der Waals surface area contributed by atoms with Crippen LogP contribution < -0.4 is 4.74 Å². The van der Waals surface area contributed by atoms with Gasteiger partial charge in [0.05, 0.1) is 23.7 Å². The van der Waals surface area contributed by atoms with Gasteiger partial charge in [0.2, 0.25) is 0 Å². The van der Waals surface area contributed by atoms with Crippen LogP contribution >= 0.6 is 0 Å². The average molecular weight is 425 g/mol. The van der Waals surface area contributed by atoms with Crippen LogP contribution in [0.4, 0.5) is 0 Å². The molecule has 0 saturated carbocycles. The summed E-state index contributed by atoms with van der Waals surface area (Å²) in [4.78, 5) is 9.85. The van der Waals surface area contributed by atoms with Crippen LogP contribution in [-0.2, 0) is 6.42 Å². The van der Waals surface area contributed by atoms with Crippen LogP contribution in [0.2, 0.25) is 0 Å². The van der Waals surface area contributed by atoms with E-state index >= 15 is 0 Å². The van der Waals surface area contributed by atoms with Crippen molar-refractivity contribution in [1.82, 2.24) is 14.9 Å². The molecule has 0 aliphatic carbocycles. The van der Waals surface area contributed by atoms with Gasteiger partial charge in [-0.1, -0.05) is 54.6 Å². The molecule has 0 bridgehead atoms. The minimum Gasteiger partial charge on any atom is -0.509 e. The maximum Gasteiger partial charge on any atom is 0.145 e. The van der Waals surface area contributed by atoms with Gasteiger partial charge in [0.1, 0.15) is 29.2 Å². The van der Waals surface area contributed by atoms with E-state index in [1.807, 2.05) is 83.8 Å². The van der Waals surface area contributed by atoms with Gasteiger partial charge in [-0.25, -0.2) is 4.98 Å². The number of ether oxygens (including phenoxy) is 1. The zero-order valence-electron chi connectivity index (χ0n) is 17.7. The summed E-state index contributed by atoms with van der Waals surface area (Å²) in [6.07, 6.45) is 0.733. The Bertz CT molecular complexity index is 1260. The highest BCUT2D eigenvalue weighted by Gasteiger charge is 2.39. The summed E-state index contributed by atoms with van der Waals surface area (Å²) in [5, 5.41) is 20.2. The highest BCUT2D eigenvalue weighted by molar-refractivity contribution is 6.23. The van der Waals surface area contributed by atoms with E-state index in [0.717, 1.165) is 34.3 Å². The number of imidazole rings is 1. The molecule has 1 aromatic heterocycles. The van der Waals surface area contributed by atoms with E-state index < -0.39 is 6.04 Å². The second-order valence-corrected chi connectivity index (χ2v) is 7.82. The van der Waals surface area contributed by atoms with Crippen LogP contribution in [0.25, 0.3) is 16.6 Å². The van der Waals surface area contributed by atoms with E-state index in [1.165, 1.54) is 0 Å². The van der Waals surface area contributed by atoms with Crippen LogP contribution in [0.15, 0.2) is 84.6 Å². The van der Waals surface area contributed by atoms with Gasteiger partial charge in [0.15, 0.2) is 0 Å². The minimum absolute atomic E-state index is 0.148. The number of rotatable bonds is 6. The first-order chi connectivity index (χ1) is 15.7. The molecule has 0 fully saturated rings. The standard InChI is InChI=1S/C26H24N4O2/c1-32-19-13-11-17(12-14-19)15-16-30-23(18-7-3-2-4-8-18)24(31)22(25(30)27)26-28-20-9-5-6-10-21(20)29-26/h2-14,23,27,31H,15-16H2,1H3,(H,28,29)/t23-/m1/s1. The quantitative estimate of drug-likeness (QED) is 0.401. The summed E-state index contributed by atoms with van der Waals surface area (Å²) >= 11 is 0. The molecule has 1 aliphatic heterocycles. The van der Waals surface area contributed by atoms with E-state index in [2.05, 4.69) is 9.97 Å². The van der Waals surface area contributed by atoms with Crippen LogP contribution in [0, 0.1) is 5.41 Å². The average Bonchev–Trinajstić information content (AvgIpc) is 3.36. The number of nitrogens with one attached hydrogen (secondary N) is 2. The number of hydrogen-bond donors (Lipinski definition) is 3. The Balaban J connectivity index is 1.50. The second-order valence-electron chi connectivity index (χ2n) is 7.82. The molecule has 6 heteroatoms. The second kappa shape index (κ2) is 8.23. The van der Waals surface area contributed by atoms with Crippen molar-refractivity contribution in [2.45, 2.75) is 12.5 Å². The van der Waals surface area contributed by atoms with Crippen molar-refractivity contribution >= 4 is 22.4 Å². The molecule has 1 aliphatic rings. The lowest BCUT2D eigenvalue weighted by atomic mass is 10.0. The number of para-hydroxylation sites is 2. The first-order valence-corrected chi connectivity index (χ1v) is 10.6. The van der Waals surface area contributed by atoms with Crippen molar-refractivity contribution in [2.75, 3.05) is 13.7 Å². The Kier molecular flexibility index (Phi) is 5.11. The lowest BCUT2D eigenvalue weighted by Crippen LogP contribution is -2.32. The number of aromatic amines is 1. The zero-order chi connectivity index (χ0) is 22.1. The van der Waals surface area contributed by atoms with Crippen molar-refractivity contribution in [1.29, 1.82) is 5.41 Å². The van der Waals surface area contributed by atoms with Gasteiger partial charge in [0, 0.05) is 6.54 Å². The SMILES string of the molecule is COc1ccc(CCN2C(=N)C(c3nc4ccccc4[nH]3)=C(O)[C@H]2c2ccccc2)cc1. The first-order valence-electron chi connectivity index (χ1n) is 10.6. The fraction of sp³-hybridized carbons (Fsp3) is 0.154. The summed E-state index contributed by atoms with van der Waals surface area (Å²) < 4.78 is 5.25. The van der Waals surface area contributed by atoms with Gasteiger partial charge in [-0.05, 0) is 41.8 Å². The number of fused-ring (bicyclic) bond motifs is 1. The third kappa shape index (κ3) is 3.50. The van der Waals surface area contributed by atoms with Gasteiger partial charge in [-0.2, -0.15) is 0 Å². The lowest BCUT2D eigenvalue weighted by Gasteiger charge is -2.27. The Morgan fingerprint density at radius 2 is 1.72 bits per heavy atom. The van der Waals surface area contributed by atoms with Crippen molar-refractivity contribution < 1.29 is 9.84 Å². The number of aliphatic hydroxyl groups is 1. The molecule has 2 heterocycles. The summed E-state index contributed by atoms with van der Waals surface area (Å²) in [6.45, 7) is 0.582. The monoisotopic (exact) mass is 424 g/mol. The van der Waals surface area contributed by atoms with E-state index in [4.69, 9.17) is 10.1 Å². The highest BCUT2D eigenvalue weighted by Crippen LogP contribution is 2.40. The number of nitrogens with zero attached hydrogens (tertiary/aromatic N) is 2. The summed E-state index contributed by atoms with van der Waals surface area (Å²) in [5.74, 6) is 1.75. The van der Waals surface area contributed by atoms with E-state index in [0.29, 0.717) is 17.9 Å². The largest absolute Gasteiger partial charge is 0.509 e. The molecule has 0 spiro atoms. The fourth-order valence-corrected chi connectivity index (χ4v) is 4.24. The van der Waals surface area contributed by atoms with Crippen LogP contribution in [-0.4, -0.2) is 39.5 Å². The van der Waals surface area contributed by atoms with E-state index in [9.17, 15) is 5.11 Å². The summed E-state index contributed by atoms with van der Waals surface area (Å²) in [7, 11) is 1.65. The van der Waals surface area contributed by atoms with Gasteiger partial charge >= 0.3 is 0 Å². The molecule has 3 aromatic carbocycles. The maximum atomic E-state index is 11.3. The predicted molar refractivity (Wildman–Crippen MR) is 126 cm³/mol. The Hall–Kier alpha value is -4.06. The first kappa shape index (κ1) is 19.9. The normalized spacial score (nSPS) is 16.2. The molecule has 0 amide bonds. The third-order valence-electron chi connectivity index (χ3n) is 5.89. The maximum absolute atomic E-state index is 11.3. The van der Waals surface area contributed by atoms with Gasteiger partial charge in [0.25, 0.3) is 0 Å². The van der Waals surface area contributed by atoms with Gasteiger partial charge in [-0.3, -0.25) is 5.41 Å². The van der Waals surface area contributed by atoms with Crippen molar-refractivity contribution in [3.63, 3.8) is 0 Å². The van der Waals surface area contributed by atoms with Crippen molar-refractivity contribution in [2.24, 2.45) is 0 Å². The number of amidine groups is 1. The molecule has 6 nitrogen and oxygen atoms in total. The highest BCUT2D eigenvalue weighted by atomic mass is 16.5. The smallest absolute Gasteiger partial charge is 0.145 e. The number of H-pyrrole nitrogens is 1. The molecule has 0 unspecified atom stereocenters. The van der Waals surface area contributed by atoms with E-state index in [1.54, 1.807) is 7.11 Å².